The van der Waals surface area contributed by atoms with Gasteiger partial charge in [-0.1, -0.05) is 11.6 Å². The smallest absolute Gasteiger partial charge is 0.274 e. The number of nitrogens with zero attached hydrogens (tertiary/aromatic N) is 2. The first-order chi connectivity index (χ1) is 14.1. The van der Waals surface area contributed by atoms with Crippen molar-refractivity contribution < 1.29 is 4.39 Å². The van der Waals surface area contributed by atoms with Crippen LogP contribution in [0.3, 0.4) is 0 Å². The number of benzene rings is 2. The Hall–Kier alpha value is -2.66. The van der Waals surface area contributed by atoms with Gasteiger partial charge in [0, 0.05) is 23.2 Å². The number of pyridine rings is 1. The molecule has 0 atom stereocenters. The molecule has 1 saturated carbocycles. The molecule has 2 aromatic heterocycles. The predicted octanol–water partition coefficient (Wildman–Crippen LogP) is 5.64. The monoisotopic (exact) mass is 409 g/mol. The van der Waals surface area contributed by atoms with Crippen LogP contribution in [0, 0.1) is 11.7 Å². The van der Waals surface area contributed by atoms with E-state index < -0.39 is 0 Å². The van der Waals surface area contributed by atoms with Crippen LogP contribution in [-0.2, 0) is 6.54 Å². The Balaban J connectivity index is 1.33. The molecule has 1 aliphatic carbocycles. The highest BCUT2D eigenvalue weighted by atomic mass is 35.5. The highest BCUT2D eigenvalue weighted by molar-refractivity contribution is 6.31. The number of fused-ring (bicyclic) bond motifs is 2. The van der Waals surface area contributed by atoms with Crippen molar-refractivity contribution in [3.63, 3.8) is 0 Å². The predicted molar refractivity (Wildman–Crippen MR) is 114 cm³/mol. The van der Waals surface area contributed by atoms with Crippen LogP contribution in [0.4, 0.5) is 4.39 Å². The summed E-state index contributed by atoms with van der Waals surface area (Å²) in [6.45, 7) is 0.684. The third-order valence-electron chi connectivity index (χ3n) is 6.18. The van der Waals surface area contributed by atoms with Gasteiger partial charge in [-0.25, -0.2) is 4.39 Å². The maximum atomic E-state index is 13.8. The molecule has 4 aromatic rings. The lowest BCUT2D eigenvalue weighted by Crippen LogP contribution is -2.24. The second-order valence-electron chi connectivity index (χ2n) is 8.00. The highest BCUT2D eigenvalue weighted by Crippen LogP contribution is 2.38. The minimum Gasteiger partial charge on any atom is -0.295 e. The minimum absolute atomic E-state index is 0.00870. The van der Waals surface area contributed by atoms with Crippen molar-refractivity contribution in [3.8, 4) is 0 Å². The molecule has 5 rings (SSSR count). The summed E-state index contributed by atoms with van der Waals surface area (Å²) in [5.74, 6) is 0.618. The van der Waals surface area contributed by atoms with Gasteiger partial charge in [-0.15, -0.1) is 0 Å². The molecule has 6 heteroatoms. The van der Waals surface area contributed by atoms with E-state index in [1.54, 1.807) is 35.0 Å². The summed E-state index contributed by atoms with van der Waals surface area (Å²) >= 11 is 6.04. The molecule has 0 saturated heterocycles. The van der Waals surface area contributed by atoms with Crippen molar-refractivity contribution in [3.05, 3.63) is 75.4 Å². The van der Waals surface area contributed by atoms with Gasteiger partial charge in [-0.05, 0) is 85.5 Å². The summed E-state index contributed by atoms with van der Waals surface area (Å²) in [6, 6.07) is 12.1. The van der Waals surface area contributed by atoms with Crippen LogP contribution in [0.1, 0.15) is 37.2 Å². The first-order valence-corrected chi connectivity index (χ1v) is 10.4. The van der Waals surface area contributed by atoms with Gasteiger partial charge in [0.15, 0.2) is 0 Å². The van der Waals surface area contributed by atoms with E-state index in [4.69, 9.17) is 11.6 Å². The van der Waals surface area contributed by atoms with Crippen LogP contribution < -0.4 is 5.56 Å². The highest BCUT2D eigenvalue weighted by Gasteiger charge is 2.25. The number of hydrogen-bond acceptors (Lipinski definition) is 2. The van der Waals surface area contributed by atoms with E-state index in [-0.39, 0.29) is 11.4 Å². The SMILES string of the molecule is O=c1c2ccc(Cl)cc2[nH]n1C[C@H]1CC[C@H](c2ccnc3ccc(F)cc32)CC1. The summed E-state index contributed by atoms with van der Waals surface area (Å²) in [5, 5.41) is 5.40. The van der Waals surface area contributed by atoms with Gasteiger partial charge >= 0.3 is 0 Å². The molecule has 4 nitrogen and oxygen atoms in total. The van der Waals surface area contributed by atoms with Crippen molar-refractivity contribution in [2.75, 3.05) is 0 Å². The second kappa shape index (κ2) is 7.30. The van der Waals surface area contributed by atoms with E-state index in [9.17, 15) is 9.18 Å². The van der Waals surface area contributed by atoms with Crippen molar-refractivity contribution in [1.82, 2.24) is 14.8 Å². The Kier molecular flexibility index (Phi) is 4.63. The molecule has 0 radical (unpaired) electrons. The molecule has 0 spiro atoms. The maximum Gasteiger partial charge on any atom is 0.274 e. The van der Waals surface area contributed by atoms with Crippen LogP contribution >= 0.6 is 11.6 Å². The molecular formula is C23H21ClFN3O. The molecule has 1 fully saturated rings. The van der Waals surface area contributed by atoms with E-state index in [2.05, 4.69) is 10.1 Å². The first-order valence-electron chi connectivity index (χ1n) is 10.0. The molecule has 148 valence electrons. The van der Waals surface area contributed by atoms with Gasteiger partial charge in [-0.3, -0.25) is 19.6 Å². The number of rotatable bonds is 3. The molecule has 2 aromatic carbocycles. The van der Waals surface area contributed by atoms with Gasteiger partial charge in [-0.2, -0.15) is 0 Å². The lowest BCUT2D eigenvalue weighted by atomic mass is 9.78. The topological polar surface area (TPSA) is 50.7 Å². The van der Waals surface area contributed by atoms with Crippen molar-refractivity contribution in [2.45, 2.75) is 38.1 Å². The van der Waals surface area contributed by atoms with Crippen LogP contribution in [-0.4, -0.2) is 14.8 Å². The Morgan fingerprint density at radius 3 is 2.72 bits per heavy atom. The molecule has 1 aliphatic rings. The van der Waals surface area contributed by atoms with Gasteiger partial charge in [0.2, 0.25) is 0 Å². The van der Waals surface area contributed by atoms with Crippen LogP contribution in [0.25, 0.3) is 21.8 Å². The van der Waals surface area contributed by atoms with E-state index in [0.717, 1.165) is 42.1 Å². The number of halogens is 2. The van der Waals surface area contributed by atoms with E-state index in [1.165, 1.54) is 11.6 Å². The zero-order chi connectivity index (χ0) is 20.0. The van der Waals surface area contributed by atoms with Gasteiger partial charge in [0.1, 0.15) is 5.82 Å². The third-order valence-corrected chi connectivity index (χ3v) is 6.41. The number of aromatic nitrogens is 3. The zero-order valence-corrected chi connectivity index (χ0v) is 16.6. The summed E-state index contributed by atoms with van der Waals surface area (Å²) in [5.41, 5.74) is 2.82. The third kappa shape index (κ3) is 3.44. The average molecular weight is 410 g/mol. The fourth-order valence-corrected chi connectivity index (χ4v) is 4.85. The van der Waals surface area contributed by atoms with E-state index in [0.29, 0.717) is 28.8 Å². The van der Waals surface area contributed by atoms with Gasteiger partial charge in [0.05, 0.1) is 16.4 Å². The van der Waals surface area contributed by atoms with Crippen molar-refractivity contribution in [1.29, 1.82) is 0 Å². The minimum atomic E-state index is -0.223. The summed E-state index contributed by atoms with van der Waals surface area (Å²) in [7, 11) is 0. The summed E-state index contributed by atoms with van der Waals surface area (Å²) in [6.07, 6.45) is 5.94. The largest absolute Gasteiger partial charge is 0.295 e. The Bertz CT molecular complexity index is 1250. The van der Waals surface area contributed by atoms with Crippen molar-refractivity contribution >= 4 is 33.4 Å². The number of nitrogens with one attached hydrogen (secondary N) is 1. The lowest BCUT2D eigenvalue weighted by molar-refractivity contribution is 0.284. The molecule has 0 amide bonds. The summed E-state index contributed by atoms with van der Waals surface area (Å²) in [4.78, 5) is 17.0. The molecule has 29 heavy (non-hydrogen) atoms. The maximum absolute atomic E-state index is 13.8. The summed E-state index contributed by atoms with van der Waals surface area (Å²) < 4.78 is 15.5. The molecule has 2 heterocycles. The molecular weight excluding hydrogens is 389 g/mol. The average Bonchev–Trinajstić information content (AvgIpc) is 3.02. The van der Waals surface area contributed by atoms with E-state index in [1.807, 2.05) is 12.3 Å². The number of aromatic amines is 1. The number of H-pyrrole nitrogens is 1. The Morgan fingerprint density at radius 2 is 1.90 bits per heavy atom. The van der Waals surface area contributed by atoms with Crippen LogP contribution in [0.5, 0.6) is 0 Å². The lowest BCUT2D eigenvalue weighted by Gasteiger charge is -2.29. The Morgan fingerprint density at radius 1 is 1.07 bits per heavy atom. The second-order valence-corrected chi connectivity index (χ2v) is 8.43. The zero-order valence-electron chi connectivity index (χ0n) is 15.9. The standard InChI is InChI=1S/C23H21ClFN3O/c24-16-5-7-19-22(11-16)27-28(23(19)29)13-14-1-3-15(4-2-14)18-9-10-26-21-8-6-17(25)12-20(18)21/h5-12,14-15,27H,1-4,13H2/t14-,15-. The fraction of sp³-hybridized carbons (Fsp3) is 0.304. The molecule has 0 aliphatic heterocycles. The molecule has 0 bridgehead atoms. The fourth-order valence-electron chi connectivity index (χ4n) is 4.68. The van der Waals surface area contributed by atoms with Crippen LogP contribution in [0.2, 0.25) is 5.02 Å². The molecule has 1 N–H and O–H groups in total. The van der Waals surface area contributed by atoms with Gasteiger partial charge in [0.25, 0.3) is 5.56 Å². The number of hydrogen-bond donors (Lipinski definition) is 1. The van der Waals surface area contributed by atoms with Crippen molar-refractivity contribution in [2.24, 2.45) is 5.92 Å². The normalized spacial score (nSPS) is 19.8. The quantitative estimate of drug-likeness (QED) is 0.475. The molecule has 0 unspecified atom stereocenters. The van der Waals surface area contributed by atoms with Gasteiger partial charge < -0.3 is 0 Å². The first kappa shape index (κ1) is 18.4. The van der Waals surface area contributed by atoms with E-state index >= 15 is 0 Å². The Labute approximate surface area is 172 Å². The van der Waals surface area contributed by atoms with Crippen LogP contribution in [0.15, 0.2) is 53.5 Å².